The van der Waals surface area contributed by atoms with Crippen LogP contribution in [0, 0.1) is 0 Å². The first-order valence-electron chi connectivity index (χ1n) is 8.14. The Morgan fingerprint density at radius 2 is 1.91 bits per heavy atom. The molecule has 0 radical (unpaired) electrons. The van der Waals surface area contributed by atoms with E-state index >= 15 is 0 Å². The highest BCUT2D eigenvalue weighted by atomic mass is 32.1. The molecule has 128 valence electrons. The van der Waals surface area contributed by atoms with Gasteiger partial charge in [0, 0.05) is 18.7 Å². The van der Waals surface area contributed by atoms with Crippen LogP contribution in [0.3, 0.4) is 0 Å². The van der Waals surface area contributed by atoms with Gasteiger partial charge in [0.25, 0.3) is 0 Å². The number of rotatable bonds is 9. The fourth-order valence-corrected chi connectivity index (χ4v) is 2.12. The van der Waals surface area contributed by atoms with Crippen LogP contribution >= 0.6 is 12.2 Å². The molecule has 0 aromatic heterocycles. The maximum Gasteiger partial charge on any atom is 0.338 e. The molecule has 1 rings (SSSR count). The van der Waals surface area contributed by atoms with E-state index in [1.807, 2.05) is 12.1 Å². The van der Waals surface area contributed by atoms with E-state index in [1.165, 1.54) is 4.90 Å². The second kappa shape index (κ2) is 11.0. The Morgan fingerprint density at radius 3 is 2.52 bits per heavy atom. The van der Waals surface area contributed by atoms with E-state index in [2.05, 4.69) is 31.7 Å². The van der Waals surface area contributed by atoms with Gasteiger partial charge in [0.15, 0.2) is 5.11 Å². The summed E-state index contributed by atoms with van der Waals surface area (Å²) in [4.78, 5) is 13.2. The summed E-state index contributed by atoms with van der Waals surface area (Å²) in [5, 5.41) is 6.88. The van der Waals surface area contributed by atoms with Gasteiger partial charge in [0.05, 0.1) is 32.8 Å². The number of quaternary nitrogens is 1. The van der Waals surface area contributed by atoms with Crippen LogP contribution in [-0.2, 0) is 4.74 Å². The fraction of sp³-hybridized carbons (Fsp3) is 0.529. The summed E-state index contributed by atoms with van der Waals surface area (Å²) in [6.45, 7) is 4.48. The number of hydrogen-bond donors (Lipinski definition) is 3. The zero-order valence-electron chi connectivity index (χ0n) is 14.3. The van der Waals surface area contributed by atoms with Gasteiger partial charge in [-0.05, 0) is 42.9 Å². The van der Waals surface area contributed by atoms with Crippen molar-refractivity contribution in [2.24, 2.45) is 0 Å². The first-order chi connectivity index (χ1) is 11.0. The Morgan fingerprint density at radius 1 is 1.22 bits per heavy atom. The minimum Gasteiger partial charge on any atom is -0.462 e. The number of esters is 1. The highest BCUT2D eigenvalue weighted by molar-refractivity contribution is 7.80. The second-order valence-electron chi connectivity index (χ2n) is 5.76. The second-order valence-corrected chi connectivity index (χ2v) is 6.17. The van der Waals surface area contributed by atoms with Crippen molar-refractivity contribution in [1.82, 2.24) is 5.32 Å². The standard InChI is InChI=1S/C17H27N3O2S/c1-4-5-13-22-16(21)14-7-9-15(10-8-14)19-17(23)18-11-6-12-20(2)3/h7-10H,4-6,11-13H2,1-3H3,(H2,18,19,23)/p+1. The van der Waals surface area contributed by atoms with Gasteiger partial charge in [-0.15, -0.1) is 0 Å². The van der Waals surface area contributed by atoms with Crippen molar-refractivity contribution < 1.29 is 14.4 Å². The average molecular weight is 338 g/mol. The molecule has 6 heteroatoms. The average Bonchev–Trinajstić information content (AvgIpc) is 2.52. The molecular formula is C17H28N3O2S+. The lowest BCUT2D eigenvalue weighted by atomic mass is 10.2. The monoisotopic (exact) mass is 338 g/mol. The molecule has 0 saturated carbocycles. The van der Waals surface area contributed by atoms with Crippen molar-refractivity contribution >= 4 is 29.0 Å². The van der Waals surface area contributed by atoms with E-state index in [-0.39, 0.29) is 5.97 Å². The Balaban J connectivity index is 2.35. The van der Waals surface area contributed by atoms with Gasteiger partial charge in [-0.25, -0.2) is 4.79 Å². The van der Waals surface area contributed by atoms with Crippen molar-refractivity contribution in [2.75, 3.05) is 39.1 Å². The molecule has 0 aliphatic rings. The number of nitrogens with one attached hydrogen (secondary N) is 3. The van der Waals surface area contributed by atoms with E-state index in [0.717, 1.165) is 38.0 Å². The van der Waals surface area contributed by atoms with Crippen molar-refractivity contribution in [3.8, 4) is 0 Å². The zero-order chi connectivity index (χ0) is 17.1. The zero-order valence-corrected chi connectivity index (χ0v) is 15.1. The van der Waals surface area contributed by atoms with E-state index in [4.69, 9.17) is 17.0 Å². The van der Waals surface area contributed by atoms with Crippen LogP contribution in [-0.4, -0.2) is 44.9 Å². The summed E-state index contributed by atoms with van der Waals surface area (Å²) < 4.78 is 5.17. The Hall–Kier alpha value is -1.66. The molecule has 0 amide bonds. The van der Waals surface area contributed by atoms with Crippen molar-refractivity contribution in [3.05, 3.63) is 29.8 Å². The Bertz CT molecular complexity index is 489. The highest BCUT2D eigenvalue weighted by Crippen LogP contribution is 2.10. The molecule has 0 saturated heterocycles. The van der Waals surface area contributed by atoms with E-state index in [1.54, 1.807) is 12.1 Å². The normalized spacial score (nSPS) is 10.4. The van der Waals surface area contributed by atoms with Crippen LogP contribution < -0.4 is 15.5 Å². The van der Waals surface area contributed by atoms with E-state index < -0.39 is 0 Å². The molecule has 0 bridgehead atoms. The summed E-state index contributed by atoms with van der Waals surface area (Å²) in [5.74, 6) is -0.281. The van der Waals surface area contributed by atoms with Crippen LogP contribution in [0.15, 0.2) is 24.3 Å². The summed E-state index contributed by atoms with van der Waals surface area (Å²) in [5.41, 5.74) is 1.41. The predicted octanol–water partition coefficient (Wildman–Crippen LogP) is 1.46. The third-order valence-corrected chi connectivity index (χ3v) is 3.50. The minimum atomic E-state index is -0.281. The summed E-state index contributed by atoms with van der Waals surface area (Å²) in [7, 11) is 4.26. The number of carbonyl (C=O) groups excluding carboxylic acids is 1. The van der Waals surface area contributed by atoms with Gasteiger partial charge < -0.3 is 20.3 Å². The predicted molar refractivity (Wildman–Crippen MR) is 98.2 cm³/mol. The van der Waals surface area contributed by atoms with E-state index in [9.17, 15) is 4.79 Å². The molecular weight excluding hydrogens is 310 g/mol. The molecule has 0 atom stereocenters. The lowest BCUT2D eigenvalue weighted by Crippen LogP contribution is -3.05. The number of unbranched alkanes of at least 4 members (excludes halogenated alkanes) is 1. The number of anilines is 1. The maximum atomic E-state index is 11.8. The molecule has 0 heterocycles. The molecule has 3 N–H and O–H groups in total. The van der Waals surface area contributed by atoms with Crippen LogP contribution in [0.5, 0.6) is 0 Å². The number of carbonyl (C=O) groups is 1. The summed E-state index contributed by atoms with van der Waals surface area (Å²) >= 11 is 5.25. The van der Waals surface area contributed by atoms with Gasteiger partial charge in [-0.1, -0.05) is 13.3 Å². The molecule has 23 heavy (non-hydrogen) atoms. The maximum absolute atomic E-state index is 11.8. The van der Waals surface area contributed by atoms with Crippen molar-refractivity contribution in [3.63, 3.8) is 0 Å². The number of benzene rings is 1. The largest absolute Gasteiger partial charge is 0.462 e. The van der Waals surface area contributed by atoms with Gasteiger partial charge in [-0.2, -0.15) is 0 Å². The molecule has 1 aromatic rings. The number of ether oxygens (including phenoxy) is 1. The van der Waals surface area contributed by atoms with Crippen molar-refractivity contribution in [1.29, 1.82) is 0 Å². The van der Waals surface area contributed by atoms with Crippen LogP contribution in [0.25, 0.3) is 0 Å². The first kappa shape index (κ1) is 19.4. The van der Waals surface area contributed by atoms with Gasteiger partial charge >= 0.3 is 5.97 Å². The molecule has 0 aliphatic carbocycles. The summed E-state index contributed by atoms with van der Waals surface area (Å²) in [6.07, 6.45) is 2.96. The van der Waals surface area contributed by atoms with Gasteiger partial charge in [0.2, 0.25) is 0 Å². The van der Waals surface area contributed by atoms with Crippen molar-refractivity contribution in [2.45, 2.75) is 26.2 Å². The summed E-state index contributed by atoms with van der Waals surface area (Å²) in [6, 6.07) is 7.14. The molecule has 0 fully saturated rings. The lowest BCUT2D eigenvalue weighted by molar-refractivity contribution is -0.858. The lowest BCUT2D eigenvalue weighted by Gasteiger charge is -2.12. The first-order valence-corrected chi connectivity index (χ1v) is 8.54. The molecule has 5 nitrogen and oxygen atoms in total. The molecule has 0 spiro atoms. The third-order valence-electron chi connectivity index (χ3n) is 3.25. The quantitative estimate of drug-likeness (QED) is 0.362. The Kier molecular flexibility index (Phi) is 9.24. The van der Waals surface area contributed by atoms with Crippen LogP contribution in [0.1, 0.15) is 36.5 Å². The topological polar surface area (TPSA) is 54.8 Å². The third kappa shape index (κ3) is 8.52. The SMILES string of the molecule is CCCCOC(=O)c1ccc(NC(=S)NCCC[NH+](C)C)cc1. The molecule has 0 aliphatic heterocycles. The fourth-order valence-electron chi connectivity index (χ4n) is 1.90. The van der Waals surface area contributed by atoms with Crippen LogP contribution in [0.2, 0.25) is 0 Å². The number of hydrogen-bond acceptors (Lipinski definition) is 3. The van der Waals surface area contributed by atoms with E-state index in [0.29, 0.717) is 17.3 Å². The van der Waals surface area contributed by atoms with Gasteiger partial charge in [-0.3, -0.25) is 0 Å². The van der Waals surface area contributed by atoms with Gasteiger partial charge in [0.1, 0.15) is 0 Å². The molecule has 0 unspecified atom stereocenters. The highest BCUT2D eigenvalue weighted by Gasteiger charge is 2.06. The minimum absolute atomic E-state index is 0.281. The van der Waals surface area contributed by atoms with Crippen LogP contribution in [0.4, 0.5) is 5.69 Å². The Labute approximate surface area is 144 Å². The molecule has 1 aromatic carbocycles. The smallest absolute Gasteiger partial charge is 0.338 e. The number of thiocarbonyl (C=S) groups is 1.